The van der Waals surface area contributed by atoms with Crippen molar-refractivity contribution in [3.05, 3.63) is 0 Å². The van der Waals surface area contributed by atoms with E-state index < -0.39 is 0 Å². The molecular weight excluding hydrogens is 242 g/mol. The summed E-state index contributed by atoms with van der Waals surface area (Å²) in [6, 6.07) is 0.484. The lowest BCUT2D eigenvalue weighted by Crippen LogP contribution is -2.37. The molecule has 1 atom stereocenters. The molecule has 0 aromatic rings. The Morgan fingerprint density at radius 1 is 1.32 bits per heavy atom. The van der Waals surface area contributed by atoms with Crippen molar-refractivity contribution in [2.75, 3.05) is 6.54 Å². The summed E-state index contributed by atoms with van der Waals surface area (Å²) in [5.41, 5.74) is -0.385. The lowest BCUT2D eigenvalue weighted by molar-refractivity contribution is -0.161. The maximum absolute atomic E-state index is 11.9. The van der Waals surface area contributed by atoms with E-state index in [1.54, 1.807) is 6.92 Å². The molecule has 19 heavy (non-hydrogen) atoms. The average molecular weight is 271 g/mol. The van der Waals surface area contributed by atoms with Crippen LogP contribution in [-0.4, -0.2) is 35.4 Å². The van der Waals surface area contributed by atoms with E-state index in [4.69, 9.17) is 4.74 Å². The lowest BCUT2D eigenvalue weighted by Gasteiger charge is -2.30. The van der Waals surface area contributed by atoms with Crippen molar-refractivity contribution in [1.29, 1.82) is 0 Å². The Hall–Kier alpha value is -0.610. The molecule has 0 bridgehead atoms. The van der Waals surface area contributed by atoms with Crippen LogP contribution in [0.3, 0.4) is 0 Å². The average Bonchev–Trinajstić information content (AvgIpc) is 2.27. The number of esters is 1. The molecule has 0 aromatic heterocycles. The number of nitrogens with one attached hydrogen (secondary N) is 1. The quantitative estimate of drug-likeness (QED) is 0.753. The molecule has 0 aliphatic heterocycles. The Labute approximate surface area is 116 Å². The standard InChI is InChI=1S/C15H29NO3/c1-11(17)9-10-16-13-7-5-12(6-8-13)14(18)19-15(2,3)4/h11-13,16-17H,5-10H2,1-4H3. The van der Waals surface area contributed by atoms with Gasteiger partial charge in [-0.2, -0.15) is 0 Å². The first kappa shape index (κ1) is 16.4. The van der Waals surface area contributed by atoms with Gasteiger partial charge in [-0.1, -0.05) is 0 Å². The highest BCUT2D eigenvalue weighted by Gasteiger charge is 2.29. The maximum atomic E-state index is 11.9. The number of aliphatic hydroxyl groups excluding tert-OH is 1. The molecule has 0 amide bonds. The van der Waals surface area contributed by atoms with E-state index in [-0.39, 0.29) is 23.6 Å². The van der Waals surface area contributed by atoms with Crippen molar-refractivity contribution in [1.82, 2.24) is 5.32 Å². The van der Waals surface area contributed by atoms with Crippen molar-refractivity contribution in [3.8, 4) is 0 Å². The van der Waals surface area contributed by atoms with Crippen LogP contribution in [0.2, 0.25) is 0 Å². The summed E-state index contributed by atoms with van der Waals surface area (Å²) in [5, 5.41) is 12.7. The fourth-order valence-electron chi connectivity index (χ4n) is 2.41. The van der Waals surface area contributed by atoms with E-state index in [0.29, 0.717) is 6.04 Å². The molecule has 1 rings (SSSR count). The predicted molar refractivity (Wildman–Crippen MR) is 75.9 cm³/mol. The summed E-state index contributed by atoms with van der Waals surface area (Å²) in [6.07, 6.45) is 4.38. The molecule has 1 aliphatic rings. The summed E-state index contributed by atoms with van der Waals surface area (Å²) in [6.45, 7) is 8.39. The summed E-state index contributed by atoms with van der Waals surface area (Å²) in [4.78, 5) is 11.9. The van der Waals surface area contributed by atoms with Gasteiger partial charge >= 0.3 is 5.97 Å². The SMILES string of the molecule is CC(O)CCNC1CCC(C(=O)OC(C)(C)C)CC1. The van der Waals surface area contributed by atoms with Crippen molar-refractivity contribution < 1.29 is 14.6 Å². The van der Waals surface area contributed by atoms with Crippen molar-refractivity contribution in [2.24, 2.45) is 5.92 Å². The normalized spacial score (nSPS) is 25.9. The fourth-order valence-corrected chi connectivity index (χ4v) is 2.41. The van der Waals surface area contributed by atoms with E-state index in [1.807, 2.05) is 20.8 Å². The van der Waals surface area contributed by atoms with Crippen LogP contribution in [0.5, 0.6) is 0 Å². The van der Waals surface area contributed by atoms with Gasteiger partial charge in [0.1, 0.15) is 5.60 Å². The summed E-state index contributed by atoms with van der Waals surface area (Å²) in [5.74, 6) is 0.0176. The van der Waals surface area contributed by atoms with Gasteiger partial charge in [0.25, 0.3) is 0 Å². The van der Waals surface area contributed by atoms with Gasteiger partial charge in [0, 0.05) is 6.04 Å². The highest BCUT2D eigenvalue weighted by Crippen LogP contribution is 2.26. The first-order chi connectivity index (χ1) is 8.78. The fraction of sp³-hybridized carbons (Fsp3) is 0.933. The molecule has 1 unspecified atom stereocenters. The molecule has 0 aromatic carbocycles. The van der Waals surface area contributed by atoms with Crippen molar-refractivity contribution in [3.63, 3.8) is 0 Å². The lowest BCUT2D eigenvalue weighted by atomic mass is 9.86. The van der Waals surface area contributed by atoms with E-state index in [2.05, 4.69) is 5.32 Å². The summed E-state index contributed by atoms with van der Waals surface area (Å²) in [7, 11) is 0. The van der Waals surface area contributed by atoms with Crippen LogP contribution in [0.1, 0.15) is 59.8 Å². The van der Waals surface area contributed by atoms with E-state index in [0.717, 1.165) is 38.6 Å². The van der Waals surface area contributed by atoms with Crippen LogP contribution >= 0.6 is 0 Å². The number of aliphatic hydroxyl groups is 1. The number of hydrogen-bond donors (Lipinski definition) is 2. The van der Waals surface area contributed by atoms with E-state index in [1.165, 1.54) is 0 Å². The first-order valence-electron chi connectivity index (χ1n) is 7.42. The summed E-state index contributed by atoms with van der Waals surface area (Å²) >= 11 is 0. The second kappa shape index (κ2) is 7.25. The van der Waals surface area contributed by atoms with Crippen molar-refractivity contribution >= 4 is 5.97 Å². The molecule has 1 aliphatic carbocycles. The number of hydrogen-bond acceptors (Lipinski definition) is 4. The molecule has 0 radical (unpaired) electrons. The molecule has 0 spiro atoms. The molecule has 1 fully saturated rings. The predicted octanol–water partition coefficient (Wildman–Crippen LogP) is 2.25. The Kier molecular flexibility index (Phi) is 6.27. The van der Waals surface area contributed by atoms with Gasteiger partial charge in [0.2, 0.25) is 0 Å². The molecular formula is C15H29NO3. The third-order valence-electron chi connectivity index (χ3n) is 3.46. The van der Waals surface area contributed by atoms with E-state index >= 15 is 0 Å². The zero-order chi connectivity index (χ0) is 14.5. The van der Waals surface area contributed by atoms with Crippen LogP contribution in [0.4, 0.5) is 0 Å². The van der Waals surface area contributed by atoms with Crippen LogP contribution in [-0.2, 0) is 9.53 Å². The minimum Gasteiger partial charge on any atom is -0.460 e. The van der Waals surface area contributed by atoms with E-state index in [9.17, 15) is 9.90 Å². The largest absolute Gasteiger partial charge is 0.460 e. The Bertz CT molecular complexity index is 276. The van der Waals surface area contributed by atoms with Crippen molar-refractivity contribution in [2.45, 2.75) is 77.5 Å². The highest BCUT2D eigenvalue weighted by molar-refractivity contribution is 5.73. The summed E-state index contributed by atoms with van der Waals surface area (Å²) < 4.78 is 5.43. The van der Waals surface area contributed by atoms with Gasteiger partial charge in [-0.3, -0.25) is 4.79 Å². The number of rotatable bonds is 5. The minimum absolute atomic E-state index is 0.0464. The molecule has 112 valence electrons. The third-order valence-corrected chi connectivity index (χ3v) is 3.46. The van der Waals surface area contributed by atoms with Gasteiger partial charge in [-0.05, 0) is 66.3 Å². The molecule has 1 saturated carbocycles. The number of carbonyl (C=O) groups is 1. The smallest absolute Gasteiger partial charge is 0.309 e. The van der Waals surface area contributed by atoms with Crippen LogP contribution in [0.25, 0.3) is 0 Å². The highest BCUT2D eigenvalue weighted by atomic mass is 16.6. The zero-order valence-electron chi connectivity index (χ0n) is 12.7. The van der Waals surface area contributed by atoms with Crippen LogP contribution < -0.4 is 5.32 Å². The zero-order valence-corrected chi connectivity index (χ0v) is 12.7. The van der Waals surface area contributed by atoms with Gasteiger partial charge in [-0.25, -0.2) is 0 Å². The maximum Gasteiger partial charge on any atom is 0.309 e. The first-order valence-corrected chi connectivity index (χ1v) is 7.42. The molecule has 0 saturated heterocycles. The second-order valence-corrected chi connectivity index (χ2v) is 6.67. The molecule has 4 heteroatoms. The Morgan fingerprint density at radius 3 is 2.37 bits per heavy atom. The van der Waals surface area contributed by atoms with Gasteiger partial charge in [0.15, 0.2) is 0 Å². The van der Waals surface area contributed by atoms with Gasteiger partial charge in [-0.15, -0.1) is 0 Å². The third kappa shape index (κ3) is 6.92. The number of carbonyl (C=O) groups excluding carboxylic acids is 1. The van der Waals surface area contributed by atoms with Crippen LogP contribution in [0.15, 0.2) is 0 Å². The van der Waals surface area contributed by atoms with Gasteiger partial charge < -0.3 is 15.2 Å². The molecule has 2 N–H and O–H groups in total. The molecule has 4 nitrogen and oxygen atoms in total. The topological polar surface area (TPSA) is 58.6 Å². The van der Waals surface area contributed by atoms with Crippen LogP contribution in [0, 0.1) is 5.92 Å². The Morgan fingerprint density at radius 2 is 1.89 bits per heavy atom. The monoisotopic (exact) mass is 271 g/mol. The minimum atomic E-state index is -0.385. The van der Waals surface area contributed by atoms with Gasteiger partial charge in [0.05, 0.1) is 12.0 Å². The second-order valence-electron chi connectivity index (χ2n) is 6.67. The number of ether oxygens (including phenoxy) is 1. The molecule has 0 heterocycles. The Balaban J connectivity index is 2.23.